The molecule has 1 aromatic heterocycles. The molecule has 1 N–H and O–H groups in total. The van der Waals surface area contributed by atoms with Gasteiger partial charge >= 0.3 is 0 Å². The molecule has 3 heterocycles. The quantitative estimate of drug-likeness (QED) is 0.207. The SMILES string of the molecule is O=C(C=Cc1ccsc1)N1CCC2(CC1)CCN(C(=S)Nc1c(F)c(F)c(F)c(F)c1F)C2. The van der Waals surface area contributed by atoms with E-state index >= 15 is 0 Å². The molecule has 0 aliphatic carbocycles. The number of carbonyl (C=O) groups excluding carboxylic acids is 1. The van der Waals surface area contributed by atoms with Crippen molar-refractivity contribution in [2.24, 2.45) is 5.41 Å². The van der Waals surface area contributed by atoms with Gasteiger partial charge in [-0.05, 0) is 65.4 Å². The number of rotatable bonds is 3. The van der Waals surface area contributed by atoms with Crippen LogP contribution in [0.25, 0.3) is 6.08 Å². The largest absolute Gasteiger partial charge is 0.348 e. The molecule has 2 aliphatic rings. The van der Waals surface area contributed by atoms with Gasteiger partial charge in [-0.25, -0.2) is 22.0 Å². The molecule has 0 bridgehead atoms. The van der Waals surface area contributed by atoms with Crippen molar-refractivity contribution in [3.63, 3.8) is 0 Å². The van der Waals surface area contributed by atoms with Crippen molar-refractivity contribution in [1.29, 1.82) is 0 Å². The van der Waals surface area contributed by atoms with Crippen LogP contribution in [0.4, 0.5) is 27.6 Å². The zero-order valence-corrected chi connectivity index (χ0v) is 19.0. The summed E-state index contributed by atoms with van der Waals surface area (Å²) in [6, 6.07) is 1.93. The van der Waals surface area contributed by atoms with Gasteiger partial charge in [0.15, 0.2) is 28.4 Å². The molecule has 2 aromatic rings. The smallest absolute Gasteiger partial charge is 0.246 e. The minimum Gasteiger partial charge on any atom is -0.348 e. The first kappa shape index (κ1) is 23.6. The first-order chi connectivity index (χ1) is 15.7. The predicted molar refractivity (Wildman–Crippen MR) is 120 cm³/mol. The van der Waals surface area contributed by atoms with Gasteiger partial charge in [-0.2, -0.15) is 11.3 Å². The number of likely N-dealkylation sites (tertiary alicyclic amines) is 2. The lowest BCUT2D eigenvalue weighted by Gasteiger charge is -2.39. The number of hydrogen-bond acceptors (Lipinski definition) is 3. The summed E-state index contributed by atoms with van der Waals surface area (Å²) in [5.41, 5.74) is -0.311. The number of piperidine rings is 1. The summed E-state index contributed by atoms with van der Waals surface area (Å²) in [6.07, 6.45) is 5.55. The van der Waals surface area contributed by atoms with Crippen LogP contribution >= 0.6 is 23.6 Å². The van der Waals surface area contributed by atoms with Gasteiger partial charge in [0.05, 0.1) is 0 Å². The molecule has 4 nitrogen and oxygen atoms in total. The summed E-state index contributed by atoms with van der Waals surface area (Å²) in [5.74, 6) is -10.2. The maximum absolute atomic E-state index is 14.0. The number of thiocarbonyl (C=S) groups is 1. The van der Waals surface area contributed by atoms with Gasteiger partial charge in [0.25, 0.3) is 0 Å². The summed E-state index contributed by atoms with van der Waals surface area (Å²) in [4.78, 5) is 15.9. The van der Waals surface area contributed by atoms with Crippen molar-refractivity contribution in [3.05, 3.63) is 57.6 Å². The molecule has 4 rings (SSSR count). The molecule has 1 aromatic carbocycles. The number of benzene rings is 1. The van der Waals surface area contributed by atoms with Crippen molar-refractivity contribution in [2.45, 2.75) is 19.3 Å². The second kappa shape index (κ2) is 9.38. The maximum atomic E-state index is 14.0. The Morgan fingerprint density at radius 1 is 0.970 bits per heavy atom. The zero-order valence-electron chi connectivity index (χ0n) is 17.3. The van der Waals surface area contributed by atoms with E-state index < -0.39 is 34.8 Å². The Morgan fingerprint density at radius 2 is 1.55 bits per heavy atom. The van der Waals surface area contributed by atoms with E-state index in [0.29, 0.717) is 26.2 Å². The summed E-state index contributed by atoms with van der Waals surface area (Å²) >= 11 is 6.75. The van der Waals surface area contributed by atoms with E-state index in [4.69, 9.17) is 12.2 Å². The average Bonchev–Trinajstić information content (AvgIpc) is 3.48. The second-order valence-corrected chi connectivity index (χ2v) is 9.43. The molecule has 2 saturated heterocycles. The molecular weight excluding hydrogens is 481 g/mol. The van der Waals surface area contributed by atoms with Gasteiger partial charge in [-0.1, -0.05) is 0 Å². The van der Waals surface area contributed by atoms with Crippen LogP contribution in [0, 0.1) is 34.5 Å². The second-order valence-electron chi connectivity index (χ2n) is 8.26. The van der Waals surface area contributed by atoms with Crippen molar-refractivity contribution in [1.82, 2.24) is 9.80 Å². The Labute approximate surface area is 196 Å². The van der Waals surface area contributed by atoms with E-state index in [1.54, 1.807) is 33.3 Å². The number of anilines is 1. The highest BCUT2D eigenvalue weighted by Gasteiger charge is 2.42. The fourth-order valence-electron chi connectivity index (χ4n) is 4.26. The molecule has 2 aliphatic heterocycles. The minimum absolute atomic E-state index is 0.0607. The van der Waals surface area contributed by atoms with Crippen LogP contribution in [-0.2, 0) is 4.79 Å². The Kier molecular flexibility index (Phi) is 6.71. The van der Waals surface area contributed by atoms with Gasteiger partial charge in [0.1, 0.15) is 5.69 Å². The fraction of sp³-hybridized carbons (Fsp3) is 0.364. The van der Waals surface area contributed by atoms with E-state index in [0.717, 1.165) is 24.8 Å². The molecule has 0 saturated carbocycles. The number of nitrogens with one attached hydrogen (secondary N) is 1. The van der Waals surface area contributed by atoms with Gasteiger partial charge in [-0.15, -0.1) is 0 Å². The Hall–Kier alpha value is -2.53. The van der Waals surface area contributed by atoms with Crippen molar-refractivity contribution < 1.29 is 26.7 Å². The van der Waals surface area contributed by atoms with Crippen LogP contribution in [0.15, 0.2) is 22.9 Å². The lowest BCUT2D eigenvalue weighted by atomic mass is 9.78. The number of thiophene rings is 1. The first-order valence-electron chi connectivity index (χ1n) is 10.3. The monoisotopic (exact) mass is 501 g/mol. The summed E-state index contributed by atoms with van der Waals surface area (Å²) in [5, 5.41) is 5.98. The molecule has 11 heteroatoms. The first-order valence-corrected chi connectivity index (χ1v) is 11.6. The van der Waals surface area contributed by atoms with E-state index in [1.165, 1.54) is 0 Å². The average molecular weight is 502 g/mol. The van der Waals surface area contributed by atoms with Crippen molar-refractivity contribution >= 4 is 46.3 Å². The van der Waals surface area contributed by atoms with Crippen LogP contribution in [0.3, 0.4) is 0 Å². The fourth-order valence-corrected chi connectivity index (χ4v) is 5.15. The maximum Gasteiger partial charge on any atom is 0.246 e. The van der Waals surface area contributed by atoms with Crippen LogP contribution in [-0.4, -0.2) is 47.0 Å². The zero-order chi connectivity index (χ0) is 23.8. The number of halogens is 5. The third kappa shape index (κ3) is 4.74. The van der Waals surface area contributed by atoms with Gasteiger partial charge in [0.2, 0.25) is 11.7 Å². The molecule has 2 fully saturated rings. The molecule has 1 amide bonds. The van der Waals surface area contributed by atoms with Gasteiger partial charge in [0, 0.05) is 32.3 Å². The standard InChI is InChI=1S/C22H20F5N3OS2/c23-15-16(24)18(26)20(19(27)17(15)25)28-21(32)30-9-6-22(12-30)4-7-29(8-5-22)14(31)2-1-13-3-10-33-11-13/h1-3,10-11H,4-9,12H2,(H,28,32). The van der Waals surface area contributed by atoms with E-state index in [9.17, 15) is 26.7 Å². The lowest BCUT2D eigenvalue weighted by Crippen LogP contribution is -2.44. The number of nitrogens with zero attached hydrogens (tertiary/aromatic N) is 2. The third-order valence-electron chi connectivity index (χ3n) is 6.26. The van der Waals surface area contributed by atoms with E-state index in [2.05, 4.69) is 5.32 Å². The Morgan fingerprint density at radius 3 is 2.12 bits per heavy atom. The number of amides is 1. The topological polar surface area (TPSA) is 35.6 Å². The van der Waals surface area contributed by atoms with Crippen LogP contribution in [0.2, 0.25) is 0 Å². The lowest BCUT2D eigenvalue weighted by molar-refractivity contribution is -0.128. The summed E-state index contributed by atoms with van der Waals surface area (Å²) < 4.78 is 68.1. The van der Waals surface area contributed by atoms with E-state index in [1.807, 2.05) is 16.8 Å². The normalized spacial score (nSPS) is 17.8. The number of carbonyl (C=O) groups is 1. The Balaban J connectivity index is 1.35. The predicted octanol–water partition coefficient (Wildman–Crippen LogP) is 5.17. The van der Waals surface area contributed by atoms with Crippen LogP contribution in [0.5, 0.6) is 0 Å². The Bertz CT molecular complexity index is 1070. The van der Waals surface area contributed by atoms with Crippen molar-refractivity contribution in [2.75, 3.05) is 31.5 Å². The van der Waals surface area contributed by atoms with Crippen LogP contribution in [0.1, 0.15) is 24.8 Å². The highest BCUT2D eigenvalue weighted by atomic mass is 32.1. The summed E-state index contributed by atoms with van der Waals surface area (Å²) in [6.45, 7) is 2.09. The van der Waals surface area contributed by atoms with E-state index in [-0.39, 0.29) is 16.4 Å². The molecule has 1 spiro atoms. The minimum atomic E-state index is -2.21. The molecule has 0 unspecified atom stereocenters. The van der Waals surface area contributed by atoms with Gasteiger partial charge < -0.3 is 15.1 Å². The summed E-state index contributed by atoms with van der Waals surface area (Å²) in [7, 11) is 0. The highest BCUT2D eigenvalue weighted by Crippen LogP contribution is 2.41. The molecule has 176 valence electrons. The molecular formula is C22H20F5N3OS2. The molecule has 33 heavy (non-hydrogen) atoms. The van der Waals surface area contributed by atoms with Crippen molar-refractivity contribution in [3.8, 4) is 0 Å². The number of hydrogen-bond donors (Lipinski definition) is 1. The highest BCUT2D eigenvalue weighted by molar-refractivity contribution is 7.80. The van der Waals surface area contributed by atoms with Crippen LogP contribution < -0.4 is 5.32 Å². The molecule has 0 radical (unpaired) electrons. The molecule has 0 atom stereocenters. The van der Waals surface area contributed by atoms with Gasteiger partial charge in [-0.3, -0.25) is 4.79 Å². The third-order valence-corrected chi connectivity index (χ3v) is 7.33.